The Morgan fingerprint density at radius 1 is 1.27 bits per heavy atom. The Hall–Kier alpha value is 0.849. The molecule has 3 heteroatoms. The van der Waals surface area contributed by atoms with Gasteiger partial charge < -0.3 is 0 Å². The van der Waals surface area contributed by atoms with Crippen LogP contribution >= 0.6 is 0 Å². The van der Waals surface area contributed by atoms with Crippen LogP contribution < -0.4 is 0 Å². The minimum absolute atomic E-state index is 0.325. The summed E-state index contributed by atoms with van der Waals surface area (Å²) in [5.41, 5.74) is 1.56. The summed E-state index contributed by atoms with van der Waals surface area (Å²) in [7, 11) is 0. The van der Waals surface area contributed by atoms with E-state index in [0.717, 1.165) is 3.58 Å². The number of hydrogen-bond acceptors (Lipinski definition) is 0. The van der Waals surface area contributed by atoms with Crippen LogP contribution in [-0.4, -0.2) is 48.5 Å². The van der Waals surface area contributed by atoms with Crippen LogP contribution in [0.5, 0.6) is 0 Å². The summed E-state index contributed by atoms with van der Waals surface area (Å²) < 4.78 is 1.63. The van der Waals surface area contributed by atoms with Crippen LogP contribution in [0.2, 0.25) is 3.58 Å². The van der Waals surface area contributed by atoms with Crippen molar-refractivity contribution >= 4 is 48.5 Å². The molecule has 1 heterocycles. The van der Waals surface area contributed by atoms with Crippen LogP contribution in [0.4, 0.5) is 0 Å². The number of hydrogen-bond donors (Lipinski definition) is 0. The van der Waals surface area contributed by atoms with Gasteiger partial charge in [-0.15, -0.1) is 0 Å². The molecule has 0 aliphatic carbocycles. The van der Waals surface area contributed by atoms with Gasteiger partial charge in [0.2, 0.25) is 0 Å². The zero-order valence-corrected chi connectivity index (χ0v) is 12.3. The fourth-order valence-corrected chi connectivity index (χ4v) is 11.0. The van der Waals surface area contributed by atoms with E-state index in [-0.39, 0.29) is 0 Å². The Labute approximate surface area is 90.4 Å². The topological polar surface area (TPSA) is 0 Å². The minimum atomic E-state index is 0.325. The van der Waals surface area contributed by atoms with Gasteiger partial charge in [-0.25, -0.2) is 0 Å². The van der Waals surface area contributed by atoms with Crippen molar-refractivity contribution in [3.63, 3.8) is 0 Å². The Bertz CT molecular complexity index is 259. The quantitative estimate of drug-likeness (QED) is 0.667. The monoisotopic (exact) mass is 324 g/mol. The van der Waals surface area contributed by atoms with E-state index in [2.05, 4.69) is 63.4 Å². The fraction of sp³-hybridized carbons (Fsp3) is 0.250. The zero-order chi connectivity index (χ0) is 7.90. The van der Waals surface area contributed by atoms with Gasteiger partial charge in [-0.2, -0.15) is 0 Å². The van der Waals surface area contributed by atoms with Crippen LogP contribution in [0.1, 0.15) is 5.56 Å². The van der Waals surface area contributed by atoms with E-state index in [9.17, 15) is 0 Å². The zero-order valence-electron chi connectivity index (χ0n) is 5.96. The first-order valence-electron chi connectivity index (χ1n) is 3.53. The average molecular weight is 320 g/mol. The van der Waals surface area contributed by atoms with Gasteiger partial charge in [0.25, 0.3) is 0 Å². The van der Waals surface area contributed by atoms with Crippen molar-refractivity contribution in [1.82, 2.24) is 0 Å². The van der Waals surface area contributed by atoms with Gasteiger partial charge in [-0.3, -0.25) is 0 Å². The first kappa shape index (κ1) is 8.45. The van der Waals surface area contributed by atoms with E-state index in [1.54, 1.807) is 5.56 Å². The molecule has 50 valence electrons. The van der Waals surface area contributed by atoms with Crippen molar-refractivity contribution in [3.05, 3.63) is 35.9 Å². The predicted octanol–water partition coefficient (Wildman–Crippen LogP) is 0.640. The molecule has 0 bridgehead atoms. The molecule has 2 atom stereocenters. The van der Waals surface area contributed by atoms with Crippen LogP contribution in [0, 0.1) is 0 Å². The van der Waals surface area contributed by atoms with Gasteiger partial charge in [-0.05, 0) is 0 Å². The van der Waals surface area contributed by atoms with Gasteiger partial charge in [0.15, 0.2) is 0 Å². The molecule has 8 radical (unpaired) electrons. The van der Waals surface area contributed by atoms with E-state index in [1.807, 2.05) is 0 Å². The summed E-state index contributed by atoms with van der Waals surface area (Å²) in [6, 6.07) is 10.9. The van der Waals surface area contributed by atoms with Crippen LogP contribution in [-0.2, 0) is 3.08 Å². The van der Waals surface area contributed by atoms with Crippen LogP contribution in [0.3, 0.4) is 0 Å². The third-order valence-electron chi connectivity index (χ3n) is 1.95. The molecule has 0 N–H and O–H groups in total. The molecular weight excluding hydrogens is 314 g/mol. The molecule has 1 aliphatic rings. The molecule has 0 spiro atoms. The molecular formula is C8H6Ge3. The van der Waals surface area contributed by atoms with Crippen LogP contribution in [0.25, 0.3) is 0 Å². The van der Waals surface area contributed by atoms with Gasteiger partial charge in [0.1, 0.15) is 0 Å². The fourth-order valence-electron chi connectivity index (χ4n) is 1.14. The number of benzene rings is 1. The predicted molar refractivity (Wildman–Crippen MR) is 49.1 cm³/mol. The summed E-state index contributed by atoms with van der Waals surface area (Å²) in [5, 5.41) is 0. The maximum absolute atomic E-state index is 2.41. The van der Waals surface area contributed by atoms with E-state index in [0.29, 0.717) is 18.5 Å². The molecule has 0 aromatic heterocycles. The second-order valence-electron chi connectivity index (χ2n) is 2.75. The second-order valence-corrected chi connectivity index (χ2v) is 13.8. The van der Waals surface area contributed by atoms with E-state index < -0.39 is 0 Å². The Morgan fingerprint density at radius 2 is 1.82 bits per heavy atom. The maximum atomic E-state index is 2.41. The molecule has 11 heavy (non-hydrogen) atoms. The third-order valence-corrected chi connectivity index (χ3v) is 14.1. The van der Waals surface area contributed by atoms with Gasteiger partial charge in [0.05, 0.1) is 0 Å². The van der Waals surface area contributed by atoms with E-state index in [1.165, 1.54) is 0 Å². The first-order valence-corrected chi connectivity index (χ1v) is 8.05. The average Bonchev–Trinajstić information content (AvgIpc) is 2.64. The van der Waals surface area contributed by atoms with Crippen molar-refractivity contribution in [3.8, 4) is 0 Å². The molecule has 0 unspecified atom stereocenters. The standard InChI is InChI=1S/C8H6Ge3/c9-7-8(10,11-7)6-4-2-1-3-5-6/h1-5,7H/t7-,8+/m0/s1. The molecule has 0 nitrogen and oxygen atoms in total. The molecule has 1 aliphatic heterocycles. The van der Waals surface area contributed by atoms with Crippen molar-refractivity contribution in [1.29, 1.82) is 0 Å². The SMILES string of the molecule is [Ge][C@H]1[Ge][C@]1([Ge])c1ccccc1. The van der Waals surface area contributed by atoms with Gasteiger partial charge in [-0.1, -0.05) is 0 Å². The van der Waals surface area contributed by atoms with Crippen molar-refractivity contribution in [2.24, 2.45) is 0 Å². The normalized spacial score (nSPS) is 35.3. The van der Waals surface area contributed by atoms with E-state index in [4.69, 9.17) is 0 Å². The van der Waals surface area contributed by atoms with Crippen LogP contribution in [0.15, 0.2) is 30.3 Å². The molecule has 1 fully saturated rings. The summed E-state index contributed by atoms with van der Waals surface area (Å²) in [5.74, 6) is 0. The van der Waals surface area contributed by atoms with E-state index >= 15 is 0 Å². The Balaban J connectivity index is 2.32. The molecule has 0 amide bonds. The first-order chi connectivity index (χ1) is 5.23. The second kappa shape index (κ2) is 2.96. The van der Waals surface area contributed by atoms with Gasteiger partial charge >= 0.3 is 91.0 Å². The summed E-state index contributed by atoms with van der Waals surface area (Å²) in [6.45, 7) is 0. The van der Waals surface area contributed by atoms with Crippen molar-refractivity contribution in [2.45, 2.75) is 6.66 Å². The molecule has 1 aromatic carbocycles. The summed E-state index contributed by atoms with van der Waals surface area (Å²) in [6.07, 6.45) is 0. The van der Waals surface area contributed by atoms with Crippen molar-refractivity contribution in [2.75, 3.05) is 0 Å². The number of rotatable bonds is 1. The Morgan fingerprint density at radius 3 is 2.27 bits per heavy atom. The summed E-state index contributed by atoms with van der Waals surface area (Å²) >= 11 is 5.12. The summed E-state index contributed by atoms with van der Waals surface area (Å²) in [4.78, 5) is 0. The van der Waals surface area contributed by atoms with Crippen molar-refractivity contribution < 1.29 is 0 Å². The Kier molecular flexibility index (Phi) is 2.27. The third kappa shape index (κ3) is 1.49. The molecule has 1 saturated heterocycles. The molecule has 0 saturated carbocycles. The molecule has 2 rings (SSSR count). The van der Waals surface area contributed by atoms with Gasteiger partial charge in [0, 0.05) is 0 Å². The molecule has 1 aromatic rings.